The highest BCUT2D eigenvalue weighted by molar-refractivity contribution is 5.78. The van der Waals surface area contributed by atoms with Crippen molar-refractivity contribution in [1.29, 1.82) is 0 Å². The smallest absolute Gasteiger partial charge is 0.130 e. The summed E-state index contributed by atoms with van der Waals surface area (Å²) in [6, 6.07) is 11.8. The Morgan fingerprint density at radius 2 is 1.63 bits per heavy atom. The van der Waals surface area contributed by atoms with Crippen molar-refractivity contribution in [3.63, 3.8) is 0 Å². The van der Waals surface area contributed by atoms with E-state index in [-0.39, 0.29) is 0 Å². The van der Waals surface area contributed by atoms with E-state index in [0.717, 1.165) is 40.3 Å². The summed E-state index contributed by atoms with van der Waals surface area (Å²) in [6.07, 6.45) is 0.900. The molecule has 3 heteroatoms. The molecule has 19 heavy (non-hydrogen) atoms. The number of benzene rings is 2. The van der Waals surface area contributed by atoms with Gasteiger partial charge in [-0.05, 0) is 41.8 Å². The maximum absolute atomic E-state index is 5.96. The zero-order valence-electron chi connectivity index (χ0n) is 11.6. The first-order valence-electron chi connectivity index (χ1n) is 6.31. The number of ether oxygens (including phenoxy) is 2. The van der Waals surface area contributed by atoms with Crippen molar-refractivity contribution in [3.8, 4) is 22.6 Å². The average Bonchev–Trinajstić information content (AvgIpc) is 2.47. The first kappa shape index (κ1) is 13.3. The second kappa shape index (κ2) is 5.65. The van der Waals surface area contributed by atoms with Crippen LogP contribution in [0.15, 0.2) is 36.4 Å². The maximum atomic E-state index is 5.96. The highest BCUT2D eigenvalue weighted by Crippen LogP contribution is 2.39. The van der Waals surface area contributed by atoms with E-state index in [1.54, 1.807) is 14.2 Å². The van der Waals surface area contributed by atoms with Crippen molar-refractivity contribution < 1.29 is 9.47 Å². The van der Waals surface area contributed by atoms with Crippen LogP contribution in [0.25, 0.3) is 11.1 Å². The van der Waals surface area contributed by atoms with Crippen LogP contribution in [0.1, 0.15) is 12.5 Å². The zero-order valence-corrected chi connectivity index (χ0v) is 11.6. The lowest BCUT2D eigenvalue weighted by Crippen LogP contribution is -1.96. The Morgan fingerprint density at radius 3 is 2.16 bits per heavy atom. The van der Waals surface area contributed by atoms with Gasteiger partial charge >= 0.3 is 0 Å². The number of aryl methyl sites for hydroxylation is 1. The van der Waals surface area contributed by atoms with Crippen LogP contribution < -0.4 is 15.2 Å². The van der Waals surface area contributed by atoms with Gasteiger partial charge < -0.3 is 15.2 Å². The molecule has 3 nitrogen and oxygen atoms in total. The van der Waals surface area contributed by atoms with Gasteiger partial charge in [-0.25, -0.2) is 0 Å². The molecule has 0 amide bonds. The van der Waals surface area contributed by atoms with E-state index in [2.05, 4.69) is 13.0 Å². The summed E-state index contributed by atoms with van der Waals surface area (Å²) >= 11 is 0. The van der Waals surface area contributed by atoms with Gasteiger partial charge in [0.05, 0.1) is 19.8 Å². The molecule has 2 aromatic rings. The van der Waals surface area contributed by atoms with E-state index >= 15 is 0 Å². The van der Waals surface area contributed by atoms with Crippen LogP contribution in [0.3, 0.4) is 0 Å². The van der Waals surface area contributed by atoms with Crippen molar-refractivity contribution in [2.24, 2.45) is 0 Å². The standard InChI is InChI=1S/C16H19NO2/c1-4-11-10-12(8-9-13(11)17)16-14(18-2)6-5-7-15(16)19-3/h5-10H,4,17H2,1-3H3. The third-order valence-corrected chi connectivity index (χ3v) is 3.24. The van der Waals surface area contributed by atoms with Gasteiger partial charge in [0.1, 0.15) is 11.5 Å². The molecule has 2 N–H and O–H groups in total. The van der Waals surface area contributed by atoms with Crippen LogP contribution in [0.2, 0.25) is 0 Å². The Hall–Kier alpha value is -2.16. The van der Waals surface area contributed by atoms with Gasteiger partial charge in [0.15, 0.2) is 0 Å². The molecule has 0 saturated heterocycles. The molecule has 100 valence electrons. The molecule has 0 saturated carbocycles. The van der Waals surface area contributed by atoms with Crippen molar-refractivity contribution in [3.05, 3.63) is 42.0 Å². The number of methoxy groups -OCH3 is 2. The molecule has 0 heterocycles. The van der Waals surface area contributed by atoms with E-state index in [1.165, 1.54) is 0 Å². The number of nitrogens with two attached hydrogens (primary N) is 1. The number of nitrogen functional groups attached to an aromatic ring is 1. The Morgan fingerprint density at radius 1 is 1.00 bits per heavy atom. The summed E-state index contributed by atoms with van der Waals surface area (Å²) < 4.78 is 10.9. The Labute approximate surface area is 114 Å². The summed E-state index contributed by atoms with van der Waals surface area (Å²) in [6.45, 7) is 2.09. The molecular formula is C16H19NO2. The highest BCUT2D eigenvalue weighted by atomic mass is 16.5. The summed E-state index contributed by atoms with van der Waals surface area (Å²) in [7, 11) is 3.33. The van der Waals surface area contributed by atoms with Crippen molar-refractivity contribution in [2.75, 3.05) is 20.0 Å². The Kier molecular flexibility index (Phi) is 3.95. The Bertz CT molecular complexity index is 557. The second-order valence-electron chi connectivity index (χ2n) is 4.30. The van der Waals surface area contributed by atoms with Crippen LogP contribution in [-0.2, 0) is 6.42 Å². The van der Waals surface area contributed by atoms with Gasteiger partial charge in [-0.3, -0.25) is 0 Å². The maximum Gasteiger partial charge on any atom is 0.130 e. The van der Waals surface area contributed by atoms with E-state index in [1.807, 2.05) is 30.3 Å². The third kappa shape index (κ3) is 2.50. The zero-order chi connectivity index (χ0) is 13.8. The molecule has 0 aliphatic heterocycles. The van der Waals surface area contributed by atoms with Gasteiger partial charge in [0.25, 0.3) is 0 Å². The summed E-state index contributed by atoms with van der Waals surface area (Å²) in [5.74, 6) is 1.59. The fraction of sp³-hybridized carbons (Fsp3) is 0.250. The average molecular weight is 257 g/mol. The minimum atomic E-state index is 0.797. The number of hydrogen-bond donors (Lipinski definition) is 1. The molecule has 0 aliphatic rings. The van der Waals surface area contributed by atoms with Gasteiger partial charge in [-0.2, -0.15) is 0 Å². The normalized spacial score (nSPS) is 10.3. The van der Waals surface area contributed by atoms with Gasteiger partial charge in [0, 0.05) is 5.69 Å². The molecule has 2 rings (SSSR count). The molecule has 0 aromatic heterocycles. The highest BCUT2D eigenvalue weighted by Gasteiger charge is 2.13. The van der Waals surface area contributed by atoms with Crippen LogP contribution in [-0.4, -0.2) is 14.2 Å². The molecule has 0 atom stereocenters. The Balaban J connectivity index is 2.63. The monoisotopic (exact) mass is 257 g/mol. The lowest BCUT2D eigenvalue weighted by molar-refractivity contribution is 0.397. The van der Waals surface area contributed by atoms with E-state index in [4.69, 9.17) is 15.2 Å². The molecule has 2 aromatic carbocycles. The van der Waals surface area contributed by atoms with E-state index in [0.29, 0.717) is 0 Å². The minimum absolute atomic E-state index is 0.797. The molecule has 0 spiro atoms. The summed E-state index contributed by atoms with van der Waals surface area (Å²) in [5, 5.41) is 0. The van der Waals surface area contributed by atoms with Gasteiger partial charge in [-0.1, -0.05) is 19.1 Å². The lowest BCUT2D eigenvalue weighted by atomic mass is 9.99. The topological polar surface area (TPSA) is 44.5 Å². The molecule has 0 bridgehead atoms. The molecule has 0 unspecified atom stereocenters. The number of rotatable bonds is 4. The van der Waals surface area contributed by atoms with E-state index in [9.17, 15) is 0 Å². The number of hydrogen-bond acceptors (Lipinski definition) is 3. The fourth-order valence-corrected chi connectivity index (χ4v) is 2.20. The molecule has 0 fully saturated rings. The minimum Gasteiger partial charge on any atom is -0.496 e. The largest absolute Gasteiger partial charge is 0.496 e. The van der Waals surface area contributed by atoms with Crippen molar-refractivity contribution in [2.45, 2.75) is 13.3 Å². The molecular weight excluding hydrogens is 238 g/mol. The lowest BCUT2D eigenvalue weighted by Gasteiger charge is -2.14. The van der Waals surface area contributed by atoms with Gasteiger partial charge in [-0.15, -0.1) is 0 Å². The van der Waals surface area contributed by atoms with Crippen molar-refractivity contribution in [1.82, 2.24) is 0 Å². The second-order valence-corrected chi connectivity index (χ2v) is 4.30. The van der Waals surface area contributed by atoms with Gasteiger partial charge in [0.2, 0.25) is 0 Å². The molecule has 0 radical (unpaired) electrons. The number of anilines is 1. The SMILES string of the molecule is CCc1cc(-c2c(OC)cccc2OC)ccc1N. The van der Waals surface area contributed by atoms with E-state index < -0.39 is 0 Å². The summed E-state index contributed by atoms with van der Waals surface area (Å²) in [4.78, 5) is 0. The first-order chi connectivity index (χ1) is 9.21. The van der Waals surface area contributed by atoms with Crippen LogP contribution >= 0.6 is 0 Å². The predicted molar refractivity (Wildman–Crippen MR) is 78.8 cm³/mol. The predicted octanol–water partition coefficient (Wildman–Crippen LogP) is 3.52. The third-order valence-electron chi connectivity index (χ3n) is 3.24. The quantitative estimate of drug-likeness (QED) is 0.852. The fourth-order valence-electron chi connectivity index (χ4n) is 2.20. The first-order valence-corrected chi connectivity index (χ1v) is 6.31. The van der Waals surface area contributed by atoms with Crippen LogP contribution in [0.4, 0.5) is 5.69 Å². The summed E-state index contributed by atoms with van der Waals surface area (Å²) in [5.41, 5.74) is 9.92. The van der Waals surface area contributed by atoms with Crippen LogP contribution in [0.5, 0.6) is 11.5 Å². The van der Waals surface area contributed by atoms with Crippen LogP contribution in [0, 0.1) is 0 Å². The molecule has 0 aliphatic carbocycles. The van der Waals surface area contributed by atoms with Crippen molar-refractivity contribution >= 4 is 5.69 Å².